The summed E-state index contributed by atoms with van der Waals surface area (Å²) in [6.07, 6.45) is 0. The molecule has 0 amide bonds. The monoisotopic (exact) mass is 410 g/mol. The number of aliphatic hydroxyl groups is 1. The molecule has 2 heterocycles. The summed E-state index contributed by atoms with van der Waals surface area (Å²) in [6, 6.07) is 17.8. The van der Waals surface area contributed by atoms with Gasteiger partial charge in [-0.2, -0.15) is 0 Å². The summed E-state index contributed by atoms with van der Waals surface area (Å²) in [4.78, 5) is 17.4. The number of pyridine rings is 1. The third-order valence-corrected chi connectivity index (χ3v) is 4.53. The van der Waals surface area contributed by atoms with Crippen LogP contribution in [0.1, 0.15) is 26.3 Å². The van der Waals surface area contributed by atoms with Crippen LogP contribution >= 0.6 is 11.6 Å². The number of aromatic amines is 1. The molecule has 0 saturated carbocycles. The molecule has 0 atom stereocenters. The van der Waals surface area contributed by atoms with E-state index in [1.165, 1.54) is 0 Å². The van der Waals surface area contributed by atoms with Crippen LogP contribution in [0.25, 0.3) is 33.1 Å². The number of benzene rings is 2. The van der Waals surface area contributed by atoms with Crippen LogP contribution in [0.15, 0.2) is 54.6 Å². The van der Waals surface area contributed by atoms with Crippen molar-refractivity contribution in [2.45, 2.75) is 33.0 Å². The van der Waals surface area contributed by atoms with Crippen molar-refractivity contribution in [2.75, 3.05) is 0 Å². The SMILES string of the molecule is CC(C)(C)OC=O.OCc1ccc2[nH]c(-c3cc4ccccc4nc3Cl)cc2c1. The zero-order valence-corrected chi connectivity index (χ0v) is 17.3. The van der Waals surface area contributed by atoms with E-state index in [0.29, 0.717) is 11.6 Å². The Bertz CT molecular complexity index is 1150. The summed E-state index contributed by atoms with van der Waals surface area (Å²) in [5, 5.41) is 11.8. The van der Waals surface area contributed by atoms with Gasteiger partial charge in [0.1, 0.15) is 10.8 Å². The summed E-state index contributed by atoms with van der Waals surface area (Å²) in [5.74, 6) is 0. The Morgan fingerprint density at radius 2 is 1.86 bits per heavy atom. The van der Waals surface area contributed by atoms with Crippen molar-refractivity contribution in [3.8, 4) is 11.3 Å². The van der Waals surface area contributed by atoms with E-state index in [1.807, 2.05) is 75.4 Å². The quantitative estimate of drug-likeness (QED) is 0.346. The first-order valence-corrected chi connectivity index (χ1v) is 9.58. The molecule has 0 fully saturated rings. The van der Waals surface area contributed by atoms with E-state index < -0.39 is 0 Å². The molecule has 0 unspecified atom stereocenters. The van der Waals surface area contributed by atoms with Gasteiger partial charge in [-0.05, 0) is 56.7 Å². The van der Waals surface area contributed by atoms with Gasteiger partial charge in [0.25, 0.3) is 6.47 Å². The van der Waals surface area contributed by atoms with Gasteiger partial charge in [0.2, 0.25) is 0 Å². The van der Waals surface area contributed by atoms with Crippen molar-refractivity contribution in [3.05, 3.63) is 65.3 Å². The first-order chi connectivity index (χ1) is 13.8. The highest BCUT2D eigenvalue weighted by Gasteiger charge is 2.10. The molecule has 29 heavy (non-hydrogen) atoms. The maximum Gasteiger partial charge on any atom is 0.293 e. The number of H-pyrrole nitrogens is 1. The number of aromatic nitrogens is 2. The third-order valence-electron chi connectivity index (χ3n) is 4.24. The minimum absolute atomic E-state index is 0.0364. The average Bonchev–Trinajstić information content (AvgIpc) is 3.09. The summed E-state index contributed by atoms with van der Waals surface area (Å²) in [7, 11) is 0. The van der Waals surface area contributed by atoms with Crippen molar-refractivity contribution < 1.29 is 14.6 Å². The van der Waals surface area contributed by atoms with Crippen molar-refractivity contribution in [1.29, 1.82) is 0 Å². The van der Waals surface area contributed by atoms with Gasteiger partial charge in [0, 0.05) is 27.5 Å². The highest BCUT2D eigenvalue weighted by atomic mass is 35.5. The topological polar surface area (TPSA) is 75.2 Å². The molecule has 4 rings (SSSR count). The van der Waals surface area contributed by atoms with Gasteiger partial charge >= 0.3 is 0 Å². The van der Waals surface area contributed by atoms with Crippen LogP contribution < -0.4 is 0 Å². The molecule has 150 valence electrons. The molecule has 0 aliphatic carbocycles. The summed E-state index contributed by atoms with van der Waals surface area (Å²) >= 11 is 6.35. The zero-order chi connectivity index (χ0) is 21.0. The lowest BCUT2D eigenvalue weighted by Gasteiger charge is -2.14. The second-order valence-corrected chi connectivity index (χ2v) is 7.97. The fraction of sp³-hybridized carbons (Fsp3) is 0.217. The van der Waals surface area contributed by atoms with Crippen molar-refractivity contribution >= 4 is 39.9 Å². The standard InChI is InChI=1S/C18H13ClN2O.C5H10O2/c19-18-14(8-12-3-1-2-4-15(12)21-18)17-9-13-7-11(10-22)5-6-16(13)20-17;1-5(2,3)7-4-6/h1-9,20,22H,10H2;4H,1-3H3. The fourth-order valence-corrected chi connectivity index (χ4v) is 3.10. The fourth-order valence-electron chi connectivity index (χ4n) is 2.85. The lowest BCUT2D eigenvalue weighted by Crippen LogP contribution is -2.17. The minimum Gasteiger partial charge on any atom is -0.462 e. The van der Waals surface area contributed by atoms with E-state index in [1.54, 1.807) is 0 Å². The van der Waals surface area contributed by atoms with Crippen molar-refractivity contribution in [2.24, 2.45) is 0 Å². The van der Waals surface area contributed by atoms with Crippen molar-refractivity contribution in [3.63, 3.8) is 0 Å². The predicted molar refractivity (Wildman–Crippen MR) is 117 cm³/mol. The first kappa shape index (κ1) is 20.8. The molecule has 0 bridgehead atoms. The number of ether oxygens (including phenoxy) is 1. The van der Waals surface area contributed by atoms with Gasteiger partial charge < -0.3 is 14.8 Å². The lowest BCUT2D eigenvalue weighted by atomic mass is 10.1. The van der Waals surface area contributed by atoms with E-state index in [0.717, 1.165) is 38.6 Å². The van der Waals surface area contributed by atoms with Crippen molar-refractivity contribution in [1.82, 2.24) is 9.97 Å². The van der Waals surface area contributed by atoms with Gasteiger partial charge in [-0.1, -0.05) is 35.9 Å². The van der Waals surface area contributed by atoms with Crippen LogP contribution in [0.5, 0.6) is 0 Å². The molecule has 2 aromatic carbocycles. The molecular formula is C23H23ClN2O3. The molecule has 0 saturated heterocycles. The van der Waals surface area contributed by atoms with E-state index in [4.69, 9.17) is 11.6 Å². The zero-order valence-electron chi connectivity index (χ0n) is 16.6. The molecule has 0 radical (unpaired) electrons. The smallest absolute Gasteiger partial charge is 0.293 e. The number of para-hydroxylation sites is 1. The van der Waals surface area contributed by atoms with E-state index in [2.05, 4.69) is 14.7 Å². The molecular weight excluding hydrogens is 388 g/mol. The van der Waals surface area contributed by atoms with Crippen LogP contribution in [0, 0.1) is 0 Å². The van der Waals surface area contributed by atoms with E-state index >= 15 is 0 Å². The Kier molecular flexibility index (Phi) is 6.20. The van der Waals surface area contributed by atoms with Gasteiger partial charge in [-0.3, -0.25) is 4.79 Å². The van der Waals surface area contributed by atoms with Crippen LogP contribution in [-0.2, 0) is 16.1 Å². The number of hydrogen-bond acceptors (Lipinski definition) is 4. The average molecular weight is 411 g/mol. The Morgan fingerprint density at radius 1 is 1.10 bits per heavy atom. The Labute approximate surface area is 174 Å². The highest BCUT2D eigenvalue weighted by molar-refractivity contribution is 6.32. The molecule has 0 aliphatic rings. The molecule has 5 nitrogen and oxygen atoms in total. The number of halogens is 1. The maximum atomic E-state index is 9.60. The van der Waals surface area contributed by atoms with Crippen LogP contribution in [0.2, 0.25) is 5.15 Å². The van der Waals surface area contributed by atoms with Gasteiger partial charge in [-0.15, -0.1) is 0 Å². The number of nitrogens with one attached hydrogen (secondary N) is 1. The number of carbonyl (C=O) groups is 1. The maximum absolute atomic E-state index is 9.60. The van der Waals surface area contributed by atoms with Gasteiger partial charge in [-0.25, -0.2) is 4.98 Å². The number of carbonyl (C=O) groups excluding carboxylic acids is 1. The highest BCUT2D eigenvalue weighted by Crippen LogP contribution is 2.31. The summed E-state index contributed by atoms with van der Waals surface area (Å²) < 4.78 is 4.55. The number of rotatable bonds is 3. The minimum atomic E-state index is -0.318. The largest absolute Gasteiger partial charge is 0.462 e. The molecule has 0 spiro atoms. The third kappa shape index (κ3) is 5.13. The number of nitrogens with zero attached hydrogens (tertiary/aromatic N) is 1. The second kappa shape index (κ2) is 8.64. The summed E-state index contributed by atoms with van der Waals surface area (Å²) in [6.45, 7) is 5.96. The lowest BCUT2D eigenvalue weighted by molar-refractivity contribution is -0.138. The number of aliphatic hydroxyl groups excluding tert-OH is 1. The Hall–Kier alpha value is -2.89. The Balaban J connectivity index is 0.000000298. The normalized spacial score (nSPS) is 11.2. The molecule has 6 heteroatoms. The van der Waals surface area contributed by atoms with Crippen LogP contribution in [0.4, 0.5) is 0 Å². The molecule has 4 aromatic rings. The Morgan fingerprint density at radius 3 is 2.52 bits per heavy atom. The van der Waals surface area contributed by atoms with Crippen LogP contribution in [0.3, 0.4) is 0 Å². The second-order valence-electron chi connectivity index (χ2n) is 7.61. The van der Waals surface area contributed by atoms with Crippen LogP contribution in [-0.4, -0.2) is 27.1 Å². The van der Waals surface area contributed by atoms with Gasteiger partial charge in [0.15, 0.2) is 0 Å². The van der Waals surface area contributed by atoms with Gasteiger partial charge in [0.05, 0.1) is 12.1 Å². The predicted octanol–water partition coefficient (Wildman–Crippen LogP) is 5.49. The van der Waals surface area contributed by atoms with E-state index in [-0.39, 0.29) is 12.2 Å². The summed E-state index contributed by atoms with van der Waals surface area (Å²) in [5.41, 5.74) is 4.27. The first-order valence-electron chi connectivity index (χ1n) is 9.20. The van der Waals surface area contributed by atoms with E-state index in [9.17, 15) is 9.90 Å². The number of hydrogen-bond donors (Lipinski definition) is 2. The molecule has 2 aromatic heterocycles. The molecule has 0 aliphatic heterocycles. The number of fused-ring (bicyclic) bond motifs is 2. The molecule has 2 N–H and O–H groups in total.